The first kappa shape index (κ1) is 14.1. The molecule has 0 radical (unpaired) electrons. The van der Waals surface area contributed by atoms with Gasteiger partial charge in [-0.25, -0.2) is 0 Å². The van der Waals surface area contributed by atoms with Gasteiger partial charge in [-0.05, 0) is 40.9 Å². The van der Waals surface area contributed by atoms with Gasteiger partial charge in [0.15, 0.2) is 18.1 Å². The third-order valence-electron chi connectivity index (χ3n) is 3.14. The molecule has 0 spiro atoms. The van der Waals surface area contributed by atoms with Crippen LogP contribution in [0.25, 0.3) is 0 Å². The maximum atomic E-state index is 10.8. The number of halogens is 1. The van der Waals surface area contributed by atoms with E-state index in [0.717, 1.165) is 19.1 Å². The number of carbonyl (C=O) groups excluding carboxylic acids is 1. The van der Waals surface area contributed by atoms with E-state index in [0.29, 0.717) is 39.2 Å². The van der Waals surface area contributed by atoms with Crippen LogP contribution in [0.3, 0.4) is 0 Å². The van der Waals surface area contributed by atoms with Crippen LogP contribution in [0.1, 0.15) is 40.8 Å². The molecule has 7 heteroatoms. The first-order valence-corrected chi connectivity index (χ1v) is 7.28. The van der Waals surface area contributed by atoms with Crippen LogP contribution >= 0.6 is 15.9 Å². The molecule has 1 aromatic heterocycles. The fourth-order valence-corrected chi connectivity index (χ4v) is 2.48. The lowest BCUT2D eigenvalue weighted by Gasteiger charge is -2.11. The zero-order chi connectivity index (χ0) is 14.8. The third-order valence-corrected chi connectivity index (χ3v) is 3.73. The number of benzene rings is 1. The molecular formula is C14H13BrN2O4. The van der Waals surface area contributed by atoms with Crippen LogP contribution in [0.15, 0.2) is 21.1 Å². The van der Waals surface area contributed by atoms with Crippen LogP contribution in [-0.2, 0) is 6.61 Å². The number of aldehydes is 1. The van der Waals surface area contributed by atoms with E-state index in [2.05, 4.69) is 26.1 Å². The lowest BCUT2D eigenvalue weighted by Crippen LogP contribution is -2.01. The average molecular weight is 353 g/mol. The van der Waals surface area contributed by atoms with E-state index in [9.17, 15) is 4.79 Å². The Balaban J connectivity index is 1.75. The highest BCUT2D eigenvalue weighted by Crippen LogP contribution is 2.39. The van der Waals surface area contributed by atoms with Gasteiger partial charge in [-0.3, -0.25) is 4.79 Å². The number of hydrogen-bond acceptors (Lipinski definition) is 6. The second kappa shape index (κ2) is 5.85. The zero-order valence-corrected chi connectivity index (χ0v) is 12.9. The average Bonchev–Trinajstić information content (AvgIpc) is 3.24. The number of nitrogens with zero attached hydrogens (tertiary/aromatic N) is 2. The van der Waals surface area contributed by atoms with E-state index < -0.39 is 0 Å². The molecule has 0 amide bonds. The van der Waals surface area contributed by atoms with Gasteiger partial charge in [0.2, 0.25) is 11.7 Å². The van der Waals surface area contributed by atoms with E-state index >= 15 is 0 Å². The van der Waals surface area contributed by atoms with Crippen molar-refractivity contribution in [3.05, 3.63) is 33.9 Å². The molecule has 1 aromatic carbocycles. The van der Waals surface area contributed by atoms with Crippen LogP contribution in [0.2, 0.25) is 0 Å². The second-order valence-electron chi connectivity index (χ2n) is 4.76. The van der Waals surface area contributed by atoms with Crippen molar-refractivity contribution in [3.63, 3.8) is 0 Å². The van der Waals surface area contributed by atoms with E-state index in [1.54, 1.807) is 12.1 Å². The summed E-state index contributed by atoms with van der Waals surface area (Å²) in [5, 5.41) is 3.89. The molecule has 1 heterocycles. The van der Waals surface area contributed by atoms with Crippen molar-refractivity contribution >= 4 is 22.2 Å². The van der Waals surface area contributed by atoms with Crippen molar-refractivity contribution in [2.24, 2.45) is 0 Å². The standard InChI is InChI=1S/C14H13BrN2O4/c1-19-11-5-8(6-18)4-10(15)13(11)20-7-12-16-14(21-17-12)9-2-3-9/h4-6,9H,2-3,7H2,1H3. The smallest absolute Gasteiger partial charge is 0.229 e. The molecule has 6 nitrogen and oxygen atoms in total. The second-order valence-corrected chi connectivity index (χ2v) is 5.62. The van der Waals surface area contributed by atoms with Crippen molar-refractivity contribution < 1.29 is 18.8 Å². The Kier molecular flexibility index (Phi) is 3.92. The molecule has 0 unspecified atom stereocenters. The summed E-state index contributed by atoms with van der Waals surface area (Å²) in [6.07, 6.45) is 2.96. The molecule has 110 valence electrons. The summed E-state index contributed by atoms with van der Waals surface area (Å²) in [5.74, 6) is 2.55. The van der Waals surface area contributed by atoms with Crippen LogP contribution in [-0.4, -0.2) is 23.5 Å². The Morgan fingerprint density at radius 3 is 2.95 bits per heavy atom. The normalized spacial score (nSPS) is 14.0. The summed E-state index contributed by atoms with van der Waals surface area (Å²) in [6.45, 7) is 0.172. The minimum atomic E-state index is 0.172. The first-order valence-electron chi connectivity index (χ1n) is 6.49. The van der Waals surface area contributed by atoms with Gasteiger partial charge in [-0.15, -0.1) is 0 Å². The summed E-state index contributed by atoms with van der Waals surface area (Å²) < 4.78 is 16.7. The summed E-state index contributed by atoms with van der Waals surface area (Å²) in [7, 11) is 1.52. The van der Waals surface area contributed by atoms with Gasteiger partial charge < -0.3 is 14.0 Å². The van der Waals surface area contributed by atoms with Crippen LogP contribution in [0.4, 0.5) is 0 Å². The van der Waals surface area contributed by atoms with Crippen LogP contribution in [0, 0.1) is 0 Å². The number of methoxy groups -OCH3 is 1. The van der Waals surface area contributed by atoms with Crippen molar-refractivity contribution in [1.29, 1.82) is 0 Å². The highest BCUT2D eigenvalue weighted by Gasteiger charge is 2.29. The molecule has 1 aliphatic carbocycles. The number of rotatable bonds is 6. The third kappa shape index (κ3) is 3.07. The predicted octanol–water partition coefficient (Wildman–Crippen LogP) is 3.11. The maximum absolute atomic E-state index is 10.8. The van der Waals surface area contributed by atoms with Gasteiger partial charge in [0.25, 0.3) is 0 Å². The molecule has 21 heavy (non-hydrogen) atoms. The van der Waals surface area contributed by atoms with E-state index in [4.69, 9.17) is 14.0 Å². The summed E-state index contributed by atoms with van der Waals surface area (Å²) in [5.41, 5.74) is 0.502. The Bertz CT molecular complexity index is 667. The van der Waals surface area contributed by atoms with Gasteiger partial charge in [0, 0.05) is 11.5 Å². The lowest BCUT2D eigenvalue weighted by atomic mass is 10.2. The van der Waals surface area contributed by atoms with E-state index in [1.165, 1.54) is 7.11 Å². The molecule has 1 saturated carbocycles. The van der Waals surface area contributed by atoms with Gasteiger partial charge in [0.1, 0.15) is 6.29 Å². The van der Waals surface area contributed by atoms with Gasteiger partial charge >= 0.3 is 0 Å². The molecule has 0 aliphatic heterocycles. The molecule has 0 atom stereocenters. The van der Waals surface area contributed by atoms with E-state index in [1.807, 2.05) is 0 Å². The van der Waals surface area contributed by atoms with Gasteiger partial charge in [-0.2, -0.15) is 4.98 Å². The Morgan fingerprint density at radius 2 is 2.29 bits per heavy atom. The molecule has 1 aliphatic rings. The largest absolute Gasteiger partial charge is 0.493 e. The fraction of sp³-hybridized carbons (Fsp3) is 0.357. The number of ether oxygens (including phenoxy) is 2. The SMILES string of the molecule is COc1cc(C=O)cc(Br)c1OCc1noc(C2CC2)n1. The van der Waals surface area contributed by atoms with Crippen molar-refractivity contribution in [1.82, 2.24) is 10.1 Å². The molecule has 2 aromatic rings. The topological polar surface area (TPSA) is 74.5 Å². The molecule has 0 bridgehead atoms. The highest BCUT2D eigenvalue weighted by atomic mass is 79.9. The summed E-state index contributed by atoms with van der Waals surface area (Å²) >= 11 is 3.36. The van der Waals surface area contributed by atoms with Gasteiger partial charge in [-0.1, -0.05) is 5.16 Å². The minimum Gasteiger partial charge on any atom is -0.493 e. The molecule has 0 N–H and O–H groups in total. The number of hydrogen-bond donors (Lipinski definition) is 0. The molecule has 1 fully saturated rings. The molecule has 0 saturated heterocycles. The zero-order valence-electron chi connectivity index (χ0n) is 11.3. The van der Waals surface area contributed by atoms with Crippen molar-refractivity contribution in [3.8, 4) is 11.5 Å². The number of aromatic nitrogens is 2. The Labute approximate surface area is 129 Å². The van der Waals surface area contributed by atoms with Crippen LogP contribution in [0.5, 0.6) is 11.5 Å². The Hall–Kier alpha value is -1.89. The van der Waals surface area contributed by atoms with Gasteiger partial charge in [0.05, 0.1) is 11.6 Å². The molecule has 3 rings (SSSR count). The Morgan fingerprint density at radius 1 is 1.48 bits per heavy atom. The van der Waals surface area contributed by atoms with Crippen molar-refractivity contribution in [2.75, 3.05) is 7.11 Å². The van der Waals surface area contributed by atoms with Crippen LogP contribution < -0.4 is 9.47 Å². The predicted molar refractivity (Wildman–Crippen MR) is 76.7 cm³/mol. The minimum absolute atomic E-state index is 0.172. The van der Waals surface area contributed by atoms with Crippen molar-refractivity contribution in [2.45, 2.75) is 25.4 Å². The quantitative estimate of drug-likeness (QED) is 0.743. The maximum Gasteiger partial charge on any atom is 0.229 e. The molecular weight excluding hydrogens is 340 g/mol. The summed E-state index contributed by atoms with van der Waals surface area (Å²) in [4.78, 5) is 15.1. The summed E-state index contributed by atoms with van der Waals surface area (Å²) in [6, 6.07) is 3.27. The van der Waals surface area contributed by atoms with E-state index in [-0.39, 0.29) is 6.61 Å². The lowest BCUT2D eigenvalue weighted by molar-refractivity contribution is 0.112. The fourth-order valence-electron chi connectivity index (χ4n) is 1.91. The number of carbonyl (C=O) groups is 1. The highest BCUT2D eigenvalue weighted by molar-refractivity contribution is 9.10. The first-order chi connectivity index (χ1) is 10.2. The monoisotopic (exact) mass is 352 g/mol.